The molecule has 0 bridgehead atoms. The van der Waals surface area contributed by atoms with Gasteiger partial charge in [-0.1, -0.05) is 12.1 Å². The number of nitrogens with zero attached hydrogens (tertiary/aromatic N) is 3. The quantitative estimate of drug-likeness (QED) is 0.794. The van der Waals surface area contributed by atoms with E-state index in [-0.39, 0.29) is 0 Å². The van der Waals surface area contributed by atoms with Crippen LogP contribution in [0.3, 0.4) is 0 Å². The molecule has 0 unspecified atom stereocenters. The third-order valence-corrected chi connectivity index (χ3v) is 5.10. The Balaban J connectivity index is 1.68. The Morgan fingerprint density at radius 3 is 2.52 bits per heavy atom. The molecular weight excluding hydrogens is 318 g/mol. The number of benzene rings is 1. The van der Waals surface area contributed by atoms with Crippen LogP contribution in [-0.2, 0) is 6.54 Å². The lowest BCUT2D eigenvalue weighted by Gasteiger charge is -2.32. The minimum atomic E-state index is 0.571. The fourth-order valence-corrected chi connectivity index (χ4v) is 3.44. The zero-order valence-corrected chi connectivity index (χ0v) is 15.5. The van der Waals surface area contributed by atoms with E-state index in [0.29, 0.717) is 35.8 Å². The van der Waals surface area contributed by atoms with Crippen molar-refractivity contribution in [3.8, 4) is 22.9 Å². The highest BCUT2D eigenvalue weighted by molar-refractivity contribution is 5.60. The second-order valence-electron chi connectivity index (χ2n) is 6.91. The lowest BCUT2D eigenvalue weighted by Crippen LogP contribution is -2.34. The maximum absolute atomic E-state index is 5.46. The Morgan fingerprint density at radius 2 is 1.84 bits per heavy atom. The van der Waals surface area contributed by atoms with E-state index in [9.17, 15) is 0 Å². The van der Waals surface area contributed by atoms with Gasteiger partial charge in [-0.05, 0) is 56.8 Å². The van der Waals surface area contributed by atoms with Gasteiger partial charge in [-0.2, -0.15) is 4.98 Å². The van der Waals surface area contributed by atoms with Crippen molar-refractivity contribution in [3.63, 3.8) is 0 Å². The molecule has 6 nitrogen and oxygen atoms in total. The lowest BCUT2D eigenvalue weighted by atomic mass is 9.87. The van der Waals surface area contributed by atoms with Crippen molar-refractivity contribution >= 4 is 0 Å². The first kappa shape index (κ1) is 17.7. The zero-order chi connectivity index (χ0) is 17.8. The molecule has 0 spiro atoms. The van der Waals surface area contributed by atoms with Gasteiger partial charge in [-0.3, -0.25) is 4.90 Å². The molecule has 0 atom stereocenters. The number of methoxy groups -OCH3 is 2. The number of ether oxygens (including phenoxy) is 2. The summed E-state index contributed by atoms with van der Waals surface area (Å²) in [5.41, 5.74) is 0.849. The SMILES string of the molecule is COc1ccc(-c2noc(CN(C)C3CCC(C)CC3)n2)cc1OC. The van der Waals surface area contributed by atoms with Gasteiger partial charge >= 0.3 is 0 Å². The maximum atomic E-state index is 5.46. The average molecular weight is 345 g/mol. The molecule has 1 aromatic carbocycles. The third kappa shape index (κ3) is 4.12. The smallest absolute Gasteiger partial charge is 0.241 e. The third-order valence-electron chi connectivity index (χ3n) is 5.10. The van der Waals surface area contributed by atoms with Crippen LogP contribution in [-0.4, -0.2) is 42.3 Å². The van der Waals surface area contributed by atoms with Crippen molar-refractivity contribution < 1.29 is 14.0 Å². The number of hydrogen-bond acceptors (Lipinski definition) is 6. The fraction of sp³-hybridized carbons (Fsp3) is 0.579. The second kappa shape index (κ2) is 7.87. The van der Waals surface area contributed by atoms with E-state index in [0.717, 1.165) is 11.5 Å². The minimum absolute atomic E-state index is 0.571. The van der Waals surface area contributed by atoms with Gasteiger partial charge < -0.3 is 14.0 Å². The van der Waals surface area contributed by atoms with E-state index >= 15 is 0 Å². The zero-order valence-electron chi connectivity index (χ0n) is 15.5. The van der Waals surface area contributed by atoms with Crippen LogP contribution >= 0.6 is 0 Å². The van der Waals surface area contributed by atoms with E-state index < -0.39 is 0 Å². The number of hydrogen-bond donors (Lipinski definition) is 0. The molecule has 0 aliphatic heterocycles. The highest BCUT2D eigenvalue weighted by Gasteiger charge is 2.23. The minimum Gasteiger partial charge on any atom is -0.493 e. The van der Waals surface area contributed by atoms with Gasteiger partial charge in [0.15, 0.2) is 11.5 Å². The Kier molecular flexibility index (Phi) is 5.58. The second-order valence-corrected chi connectivity index (χ2v) is 6.91. The van der Waals surface area contributed by atoms with Gasteiger partial charge in [-0.15, -0.1) is 0 Å². The Morgan fingerprint density at radius 1 is 1.12 bits per heavy atom. The largest absolute Gasteiger partial charge is 0.493 e. The van der Waals surface area contributed by atoms with Crippen LogP contribution in [0, 0.1) is 5.92 Å². The van der Waals surface area contributed by atoms with Crippen LogP contribution in [0.1, 0.15) is 38.5 Å². The Labute approximate surface area is 149 Å². The molecule has 1 saturated carbocycles. The van der Waals surface area contributed by atoms with Crippen LogP contribution in [0.2, 0.25) is 0 Å². The van der Waals surface area contributed by atoms with E-state index in [1.165, 1.54) is 25.7 Å². The van der Waals surface area contributed by atoms with E-state index in [4.69, 9.17) is 14.0 Å². The normalized spacial score (nSPS) is 20.7. The molecule has 136 valence electrons. The lowest BCUT2D eigenvalue weighted by molar-refractivity contribution is 0.148. The maximum Gasteiger partial charge on any atom is 0.241 e. The summed E-state index contributed by atoms with van der Waals surface area (Å²) >= 11 is 0. The van der Waals surface area contributed by atoms with Gasteiger partial charge in [0.05, 0.1) is 20.8 Å². The van der Waals surface area contributed by atoms with Gasteiger partial charge in [0.2, 0.25) is 11.7 Å². The molecule has 0 radical (unpaired) electrons. The molecule has 1 aliphatic rings. The summed E-state index contributed by atoms with van der Waals surface area (Å²) in [6, 6.07) is 6.22. The highest BCUT2D eigenvalue weighted by Crippen LogP contribution is 2.31. The Bertz CT molecular complexity index is 693. The molecule has 0 amide bonds. The molecule has 0 N–H and O–H groups in total. The van der Waals surface area contributed by atoms with Crippen molar-refractivity contribution in [2.45, 2.75) is 45.2 Å². The van der Waals surface area contributed by atoms with Crippen LogP contribution in [0.4, 0.5) is 0 Å². The highest BCUT2D eigenvalue weighted by atomic mass is 16.5. The first-order chi connectivity index (χ1) is 12.1. The van der Waals surface area contributed by atoms with Crippen molar-refractivity contribution in [2.75, 3.05) is 21.3 Å². The molecule has 1 heterocycles. The molecule has 1 aliphatic carbocycles. The summed E-state index contributed by atoms with van der Waals surface area (Å²) in [5.74, 6) is 3.40. The summed E-state index contributed by atoms with van der Waals surface area (Å²) in [6.45, 7) is 3.02. The topological polar surface area (TPSA) is 60.6 Å². The fourth-order valence-electron chi connectivity index (χ4n) is 3.44. The predicted molar refractivity (Wildman–Crippen MR) is 95.7 cm³/mol. The first-order valence-electron chi connectivity index (χ1n) is 8.86. The predicted octanol–water partition coefficient (Wildman–Crippen LogP) is 3.76. The van der Waals surface area contributed by atoms with Crippen LogP contribution in [0.15, 0.2) is 22.7 Å². The van der Waals surface area contributed by atoms with E-state index in [2.05, 4.69) is 29.0 Å². The summed E-state index contributed by atoms with van der Waals surface area (Å²) in [5, 5.41) is 4.12. The summed E-state index contributed by atoms with van der Waals surface area (Å²) in [7, 11) is 5.37. The van der Waals surface area contributed by atoms with Crippen molar-refractivity contribution in [1.29, 1.82) is 0 Å². The molecule has 3 rings (SSSR count). The van der Waals surface area contributed by atoms with Crippen molar-refractivity contribution in [3.05, 3.63) is 24.1 Å². The molecule has 1 fully saturated rings. The number of aromatic nitrogens is 2. The molecule has 1 aromatic heterocycles. The van der Waals surface area contributed by atoms with Crippen molar-refractivity contribution in [1.82, 2.24) is 15.0 Å². The monoisotopic (exact) mass is 345 g/mol. The molecule has 25 heavy (non-hydrogen) atoms. The van der Waals surface area contributed by atoms with E-state index in [1.807, 2.05) is 18.2 Å². The van der Waals surface area contributed by atoms with Gasteiger partial charge in [0, 0.05) is 11.6 Å². The van der Waals surface area contributed by atoms with Crippen LogP contribution in [0.25, 0.3) is 11.4 Å². The summed E-state index contributed by atoms with van der Waals surface area (Å²) < 4.78 is 16.1. The summed E-state index contributed by atoms with van der Waals surface area (Å²) in [6.07, 6.45) is 5.09. The van der Waals surface area contributed by atoms with Crippen LogP contribution in [0.5, 0.6) is 11.5 Å². The summed E-state index contributed by atoms with van der Waals surface area (Å²) in [4.78, 5) is 6.88. The Hall–Kier alpha value is -2.08. The van der Waals surface area contributed by atoms with Gasteiger partial charge in [-0.25, -0.2) is 0 Å². The van der Waals surface area contributed by atoms with E-state index in [1.54, 1.807) is 14.2 Å². The first-order valence-corrected chi connectivity index (χ1v) is 8.86. The number of rotatable bonds is 6. The molecular formula is C19H27N3O3. The van der Waals surface area contributed by atoms with Crippen LogP contribution < -0.4 is 9.47 Å². The average Bonchev–Trinajstić information content (AvgIpc) is 3.10. The van der Waals surface area contributed by atoms with Crippen molar-refractivity contribution in [2.24, 2.45) is 5.92 Å². The molecule has 0 saturated heterocycles. The molecule has 2 aromatic rings. The molecule has 6 heteroatoms. The van der Waals surface area contributed by atoms with Gasteiger partial charge in [0.1, 0.15) is 0 Å². The standard InChI is InChI=1S/C19H27N3O3/c1-13-5-8-15(9-6-13)22(2)12-18-20-19(21-25-18)14-7-10-16(23-3)17(11-14)24-4/h7,10-11,13,15H,5-6,8-9,12H2,1-4H3. The van der Waals surface area contributed by atoms with Gasteiger partial charge in [0.25, 0.3) is 0 Å².